The lowest BCUT2D eigenvalue weighted by molar-refractivity contribution is 0.0950. The number of carbonyl (C=O) groups is 1. The molecule has 6 nitrogen and oxygen atoms in total. The van der Waals surface area contributed by atoms with Crippen molar-refractivity contribution in [2.75, 3.05) is 51.3 Å². The predicted octanol–water partition coefficient (Wildman–Crippen LogP) is 4.48. The van der Waals surface area contributed by atoms with Gasteiger partial charge in [-0.15, -0.1) is 24.8 Å². The van der Waals surface area contributed by atoms with Crippen molar-refractivity contribution in [1.29, 1.82) is 0 Å². The van der Waals surface area contributed by atoms with E-state index in [2.05, 4.69) is 31.6 Å². The largest absolute Gasteiger partial charge is 0.495 e. The summed E-state index contributed by atoms with van der Waals surface area (Å²) < 4.78 is 10.9. The molecule has 0 atom stereocenters. The number of fused-ring (bicyclic) bond motifs is 1. The van der Waals surface area contributed by atoms with Gasteiger partial charge in [0.1, 0.15) is 11.4 Å². The third-order valence-corrected chi connectivity index (χ3v) is 6.40. The number of para-hydroxylation sites is 2. The van der Waals surface area contributed by atoms with Crippen LogP contribution in [0.15, 0.2) is 48.5 Å². The second-order valence-corrected chi connectivity index (χ2v) is 8.30. The SMILES string of the molecule is COc1ccccc1N1CCN(CCCCNC(=O)c2nsc3ccccc23)CC1.Cl.Cl. The predicted molar refractivity (Wildman–Crippen MR) is 137 cm³/mol. The zero-order valence-corrected chi connectivity index (χ0v) is 20.6. The number of piperazine rings is 1. The number of benzene rings is 2. The number of nitrogens with one attached hydrogen (secondary N) is 1. The number of hydrogen-bond acceptors (Lipinski definition) is 6. The molecule has 0 radical (unpaired) electrons. The van der Waals surface area contributed by atoms with Crippen molar-refractivity contribution in [3.8, 4) is 5.75 Å². The third kappa shape index (κ3) is 6.25. The Hall–Kier alpha value is -2.06. The first-order valence-corrected chi connectivity index (χ1v) is 11.3. The summed E-state index contributed by atoms with van der Waals surface area (Å²) in [6.07, 6.45) is 2.05. The van der Waals surface area contributed by atoms with Crippen LogP contribution in [0.5, 0.6) is 5.75 Å². The molecular weight excluding hydrogens is 467 g/mol. The first-order valence-electron chi connectivity index (χ1n) is 10.5. The highest BCUT2D eigenvalue weighted by atomic mass is 35.5. The van der Waals surface area contributed by atoms with Crippen LogP contribution in [0.4, 0.5) is 5.69 Å². The maximum atomic E-state index is 12.4. The lowest BCUT2D eigenvalue weighted by atomic mass is 10.2. The van der Waals surface area contributed by atoms with E-state index in [-0.39, 0.29) is 30.7 Å². The van der Waals surface area contributed by atoms with Crippen LogP contribution in [0.3, 0.4) is 0 Å². The topological polar surface area (TPSA) is 57.7 Å². The molecule has 174 valence electrons. The molecule has 3 aromatic rings. The average Bonchev–Trinajstić information content (AvgIpc) is 3.23. The van der Waals surface area contributed by atoms with Gasteiger partial charge in [0.05, 0.1) is 17.5 Å². The minimum absolute atomic E-state index is 0. The van der Waals surface area contributed by atoms with Crippen molar-refractivity contribution in [1.82, 2.24) is 14.6 Å². The Balaban J connectivity index is 0.00000181. The maximum Gasteiger partial charge on any atom is 0.271 e. The quantitative estimate of drug-likeness (QED) is 0.465. The van der Waals surface area contributed by atoms with E-state index in [0.29, 0.717) is 12.2 Å². The Morgan fingerprint density at radius 2 is 1.75 bits per heavy atom. The minimum atomic E-state index is -0.0714. The zero-order valence-electron chi connectivity index (χ0n) is 18.2. The zero-order chi connectivity index (χ0) is 20.8. The number of amides is 1. The number of ether oxygens (including phenoxy) is 1. The van der Waals surface area contributed by atoms with E-state index < -0.39 is 0 Å². The number of hydrogen-bond donors (Lipinski definition) is 1. The van der Waals surface area contributed by atoms with Crippen molar-refractivity contribution in [3.05, 3.63) is 54.2 Å². The van der Waals surface area contributed by atoms with Gasteiger partial charge in [0.2, 0.25) is 0 Å². The van der Waals surface area contributed by atoms with E-state index in [1.165, 1.54) is 17.2 Å². The van der Waals surface area contributed by atoms with E-state index >= 15 is 0 Å². The van der Waals surface area contributed by atoms with Crippen LogP contribution in [0.1, 0.15) is 23.3 Å². The number of anilines is 1. The van der Waals surface area contributed by atoms with Gasteiger partial charge >= 0.3 is 0 Å². The molecule has 32 heavy (non-hydrogen) atoms. The van der Waals surface area contributed by atoms with Crippen molar-refractivity contribution in [2.45, 2.75) is 12.8 Å². The van der Waals surface area contributed by atoms with Crippen molar-refractivity contribution < 1.29 is 9.53 Å². The summed E-state index contributed by atoms with van der Waals surface area (Å²) in [5, 5.41) is 3.96. The van der Waals surface area contributed by atoms with Gasteiger partial charge in [-0.3, -0.25) is 9.69 Å². The van der Waals surface area contributed by atoms with E-state index in [0.717, 1.165) is 61.4 Å². The molecule has 1 aliphatic rings. The highest BCUT2D eigenvalue weighted by Gasteiger charge is 2.19. The Morgan fingerprint density at radius 3 is 2.53 bits per heavy atom. The second kappa shape index (κ2) is 12.8. The van der Waals surface area contributed by atoms with Gasteiger partial charge in [-0.2, -0.15) is 4.37 Å². The molecular formula is C23H30Cl2N4O2S. The monoisotopic (exact) mass is 496 g/mol. The normalized spacial score (nSPS) is 13.8. The molecule has 0 saturated carbocycles. The van der Waals surface area contributed by atoms with Crippen molar-refractivity contribution in [3.63, 3.8) is 0 Å². The molecule has 0 bridgehead atoms. The molecule has 1 saturated heterocycles. The van der Waals surface area contributed by atoms with Crippen molar-refractivity contribution >= 4 is 58.0 Å². The smallest absolute Gasteiger partial charge is 0.271 e. The number of rotatable bonds is 8. The first-order chi connectivity index (χ1) is 14.8. The summed E-state index contributed by atoms with van der Waals surface area (Å²) in [7, 11) is 1.73. The summed E-state index contributed by atoms with van der Waals surface area (Å²) in [5.41, 5.74) is 1.72. The van der Waals surface area contributed by atoms with Gasteiger partial charge < -0.3 is 15.0 Å². The summed E-state index contributed by atoms with van der Waals surface area (Å²) in [5.74, 6) is 0.868. The Morgan fingerprint density at radius 1 is 1.03 bits per heavy atom. The highest BCUT2D eigenvalue weighted by Crippen LogP contribution is 2.28. The van der Waals surface area contributed by atoms with Gasteiger partial charge in [-0.1, -0.05) is 30.3 Å². The number of nitrogens with zero attached hydrogens (tertiary/aromatic N) is 3. The Kier molecular flexibility index (Phi) is 10.5. The number of aromatic nitrogens is 1. The number of carbonyl (C=O) groups excluding carboxylic acids is 1. The second-order valence-electron chi connectivity index (χ2n) is 7.49. The van der Waals surface area contributed by atoms with Crippen LogP contribution < -0.4 is 15.0 Å². The van der Waals surface area contributed by atoms with Crippen LogP contribution in [-0.4, -0.2) is 61.6 Å². The van der Waals surface area contributed by atoms with Crippen LogP contribution in [-0.2, 0) is 0 Å². The molecule has 4 rings (SSSR count). The summed E-state index contributed by atoms with van der Waals surface area (Å²) in [6.45, 7) is 5.87. The molecule has 1 N–H and O–H groups in total. The van der Waals surface area contributed by atoms with Crippen LogP contribution in [0.2, 0.25) is 0 Å². The van der Waals surface area contributed by atoms with Gasteiger partial charge in [0.25, 0.3) is 5.91 Å². The average molecular weight is 497 g/mol. The van der Waals surface area contributed by atoms with Crippen molar-refractivity contribution in [2.24, 2.45) is 0 Å². The summed E-state index contributed by atoms with van der Waals surface area (Å²) in [6, 6.07) is 16.1. The number of methoxy groups -OCH3 is 1. The number of unbranched alkanes of at least 4 members (excludes halogenated alkanes) is 1. The van der Waals surface area contributed by atoms with E-state index in [4.69, 9.17) is 4.74 Å². The van der Waals surface area contributed by atoms with Gasteiger partial charge in [0.15, 0.2) is 0 Å². The Labute approximate surface area is 205 Å². The molecule has 1 aromatic heterocycles. The van der Waals surface area contributed by atoms with Gasteiger partial charge in [0, 0.05) is 38.1 Å². The molecule has 2 heterocycles. The molecule has 0 aliphatic carbocycles. The lowest BCUT2D eigenvalue weighted by Gasteiger charge is -2.36. The van der Waals surface area contributed by atoms with E-state index in [1.54, 1.807) is 7.11 Å². The summed E-state index contributed by atoms with van der Waals surface area (Å²) >= 11 is 1.38. The third-order valence-electron chi connectivity index (χ3n) is 5.58. The fourth-order valence-corrected chi connectivity index (χ4v) is 4.67. The summed E-state index contributed by atoms with van der Waals surface area (Å²) in [4.78, 5) is 17.3. The molecule has 9 heteroatoms. The number of halogens is 2. The van der Waals surface area contributed by atoms with Gasteiger partial charge in [-0.05, 0) is 49.1 Å². The molecule has 2 aromatic carbocycles. The van der Waals surface area contributed by atoms with E-state index in [9.17, 15) is 4.79 Å². The highest BCUT2D eigenvalue weighted by molar-refractivity contribution is 7.13. The fraction of sp³-hybridized carbons (Fsp3) is 0.391. The maximum absolute atomic E-state index is 12.4. The molecule has 1 aliphatic heterocycles. The van der Waals surface area contributed by atoms with E-state index in [1.807, 2.05) is 36.4 Å². The van der Waals surface area contributed by atoms with Crippen LogP contribution in [0.25, 0.3) is 10.1 Å². The Bertz CT molecular complexity index is 993. The molecule has 0 spiro atoms. The fourth-order valence-electron chi connectivity index (χ4n) is 3.90. The standard InChI is InChI=1S/C23H28N4O2S.2ClH/c1-29-20-10-4-3-9-19(20)27-16-14-26(15-17-27)13-7-6-12-24-23(28)22-18-8-2-5-11-21(18)30-25-22;;/h2-5,8-11H,6-7,12-17H2,1H3,(H,24,28);2*1H. The minimum Gasteiger partial charge on any atom is -0.495 e. The lowest BCUT2D eigenvalue weighted by Crippen LogP contribution is -2.46. The van der Waals surface area contributed by atoms with Crippen LogP contribution >= 0.6 is 36.3 Å². The molecule has 1 fully saturated rings. The van der Waals surface area contributed by atoms with Crippen LogP contribution in [0, 0.1) is 0 Å². The van der Waals surface area contributed by atoms with Gasteiger partial charge in [-0.25, -0.2) is 0 Å². The molecule has 0 unspecified atom stereocenters. The molecule has 1 amide bonds. The first kappa shape index (κ1) is 26.2.